The molecule has 1 aliphatic heterocycles. The van der Waals surface area contributed by atoms with Crippen LogP contribution < -0.4 is 0 Å². The fraction of sp³-hybridized carbons (Fsp3) is 0.318. The molecule has 5 rings (SSSR count). The molecule has 7 heteroatoms. The van der Waals surface area contributed by atoms with Crippen molar-refractivity contribution < 1.29 is 0 Å². The van der Waals surface area contributed by atoms with E-state index in [0.29, 0.717) is 5.92 Å². The molecule has 4 aromatic heterocycles. The van der Waals surface area contributed by atoms with Gasteiger partial charge in [0.2, 0.25) is 0 Å². The van der Waals surface area contributed by atoms with E-state index in [4.69, 9.17) is 4.98 Å². The smallest absolute Gasteiger partial charge is 0.159 e. The first-order valence-corrected chi connectivity index (χ1v) is 10.1. The topological polar surface area (TPSA) is 72.6 Å². The fourth-order valence-corrected chi connectivity index (χ4v) is 3.99. The van der Waals surface area contributed by atoms with E-state index in [0.717, 1.165) is 66.9 Å². The Morgan fingerprint density at radius 1 is 0.966 bits per heavy atom. The lowest BCUT2D eigenvalue weighted by molar-refractivity contribution is 0.201. The molecule has 146 valence electrons. The highest BCUT2D eigenvalue weighted by Gasteiger charge is 2.21. The molecule has 0 unspecified atom stereocenters. The lowest BCUT2D eigenvalue weighted by Gasteiger charge is -2.31. The van der Waals surface area contributed by atoms with Crippen molar-refractivity contribution in [2.45, 2.75) is 25.3 Å². The second-order valence-corrected chi connectivity index (χ2v) is 7.52. The van der Waals surface area contributed by atoms with Crippen molar-refractivity contribution in [2.75, 3.05) is 19.6 Å². The van der Waals surface area contributed by atoms with E-state index in [1.165, 1.54) is 6.33 Å². The molecular formula is C22H23N7. The Morgan fingerprint density at radius 2 is 1.83 bits per heavy atom. The zero-order chi connectivity index (χ0) is 19.5. The lowest BCUT2D eigenvalue weighted by atomic mass is 9.93. The van der Waals surface area contributed by atoms with E-state index in [-0.39, 0.29) is 0 Å². The molecule has 29 heavy (non-hydrogen) atoms. The maximum Gasteiger partial charge on any atom is 0.159 e. The highest BCUT2D eigenvalue weighted by Crippen LogP contribution is 2.28. The Labute approximate surface area is 169 Å². The van der Waals surface area contributed by atoms with Crippen LogP contribution in [0.25, 0.3) is 22.2 Å². The monoisotopic (exact) mass is 385 g/mol. The first-order valence-electron chi connectivity index (χ1n) is 10.1. The predicted octanol–water partition coefficient (Wildman–Crippen LogP) is 3.16. The predicted molar refractivity (Wildman–Crippen MR) is 111 cm³/mol. The van der Waals surface area contributed by atoms with Gasteiger partial charge in [0.15, 0.2) is 5.65 Å². The second kappa shape index (κ2) is 8.05. The average Bonchev–Trinajstić information content (AvgIpc) is 3.32. The molecular weight excluding hydrogens is 362 g/mol. The number of aromatic nitrogens is 6. The summed E-state index contributed by atoms with van der Waals surface area (Å²) in [6.07, 6.45) is 13.1. The molecule has 0 atom stereocenters. The molecule has 5 heterocycles. The molecule has 0 bridgehead atoms. The van der Waals surface area contributed by atoms with E-state index < -0.39 is 0 Å². The van der Waals surface area contributed by atoms with Gasteiger partial charge in [0.05, 0.1) is 6.54 Å². The molecule has 0 N–H and O–H groups in total. The number of nitrogens with zero attached hydrogens (tertiary/aromatic N) is 7. The van der Waals surface area contributed by atoms with E-state index in [1.54, 1.807) is 12.4 Å². The summed E-state index contributed by atoms with van der Waals surface area (Å²) >= 11 is 0. The van der Waals surface area contributed by atoms with Crippen molar-refractivity contribution in [3.63, 3.8) is 0 Å². The third-order valence-electron chi connectivity index (χ3n) is 5.67. The maximum absolute atomic E-state index is 4.87. The molecule has 1 fully saturated rings. The number of likely N-dealkylation sites (tertiary alicyclic amines) is 1. The number of pyridine rings is 2. The highest BCUT2D eigenvalue weighted by molar-refractivity contribution is 5.80. The molecule has 0 saturated carbocycles. The zero-order valence-electron chi connectivity index (χ0n) is 16.2. The summed E-state index contributed by atoms with van der Waals surface area (Å²) in [5, 5.41) is 5.33. The third kappa shape index (κ3) is 4.00. The van der Waals surface area contributed by atoms with E-state index in [1.807, 2.05) is 29.3 Å². The van der Waals surface area contributed by atoms with Gasteiger partial charge in [-0.25, -0.2) is 19.9 Å². The van der Waals surface area contributed by atoms with Crippen molar-refractivity contribution in [3.8, 4) is 11.1 Å². The Hall–Kier alpha value is -3.19. The molecule has 7 nitrogen and oxygen atoms in total. The van der Waals surface area contributed by atoms with Crippen molar-refractivity contribution in [3.05, 3.63) is 67.3 Å². The summed E-state index contributed by atoms with van der Waals surface area (Å²) in [7, 11) is 0. The van der Waals surface area contributed by atoms with Crippen LogP contribution in [0.5, 0.6) is 0 Å². The van der Waals surface area contributed by atoms with Gasteiger partial charge in [0, 0.05) is 65.7 Å². The normalized spacial score (nSPS) is 15.7. The van der Waals surface area contributed by atoms with Gasteiger partial charge in [-0.05, 0) is 50.2 Å². The first-order chi connectivity index (χ1) is 14.3. The van der Waals surface area contributed by atoms with E-state index in [9.17, 15) is 0 Å². The molecule has 4 aromatic rings. The van der Waals surface area contributed by atoms with Gasteiger partial charge in [-0.1, -0.05) is 0 Å². The van der Waals surface area contributed by atoms with Crippen LogP contribution in [0.3, 0.4) is 0 Å². The minimum absolute atomic E-state index is 0.504. The number of rotatable bonds is 5. The summed E-state index contributed by atoms with van der Waals surface area (Å²) in [6.45, 7) is 4.20. The number of piperidine rings is 1. The summed E-state index contributed by atoms with van der Waals surface area (Å²) in [5.41, 5.74) is 3.95. The molecule has 0 spiro atoms. The van der Waals surface area contributed by atoms with Crippen LogP contribution in [0.2, 0.25) is 0 Å². The van der Waals surface area contributed by atoms with Gasteiger partial charge in [0.25, 0.3) is 0 Å². The average molecular weight is 385 g/mol. The minimum Gasteiger partial charge on any atom is -0.301 e. The van der Waals surface area contributed by atoms with Crippen LogP contribution in [-0.2, 0) is 6.54 Å². The Kier molecular flexibility index (Phi) is 4.96. The van der Waals surface area contributed by atoms with Crippen molar-refractivity contribution in [2.24, 2.45) is 0 Å². The quantitative estimate of drug-likeness (QED) is 0.525. The summed E-state index contributed by atoms with van der Waals surface area (Å²) in [5.74, 6) is 0.504. The summed E-state index contributed by atoms with van der Waals surface area (Å²) in [4.78, 5) is 20.2. The molecule has 0 aromatic carbocycles. The number of hydrogen-bond acceptors (Lipinski definition) is 6. The van der Waals surface area contributed by atoms with Crippen molar-refractivity contribution in [1.29, 1.82) is 0 Å². The van der Waals surface area contributed by atoms with Crippen molar-refractivity contribution in [1.82, 2.24) is 34.6 Å². The van der Waals surface area contributed by atoms with Gasteiger partial charge in [-0.3, -0.25) is 4.68 Å². The highest BCUT2D eigenvalue weighted by atomic mass is 15.3. The van der Waals surface area contributed by atoms with Crippen LogP contribution in [0.4, 0.5) is 0 Å². The standard InChI is InChI=1S/C22H23N7/c1-6-26-29(7-1)11-10-28-8-4-17(5-9-28)21-3-2-18-12-19(15-25-22(18)27-21)20-13-23-16-24-14-20/h1-3,6-7,12-17H,4-5,8-11H2. The lowest BCUT2D eigenvalue weighted by Crippen LogP contribution is -2.35. The van der Waals surface area contributed by atoms with Gasteiger partial charge < -0.3 is 4.90 Å². The zero-order valence-corrected chi connectivity index (χ0v) is 16.2. The molecule has 1 saturated heterocycles. The molecule has 1 aliphatic rings. The van der Waals surface area contributed by atoms with Gasteiger partial charge in [-0.2, -0.15) is 5.10 Å². The second-order valence-electron chi connectivity index (χ2n) is 7.52. The Morgan fingerprint density at radius 3 is 2.62 bits per heavy atom. The fourth-order valence-electron chi connectivity index (χ4n) is 3.99. The molecule has 0 radical (unpaired) electrons. The van der Waals surface area contributed by atoms with Crippen LogP contribution in [0, 0.1) is 0 Å². The number of fused-ring (bicyclic) bond motifs is 1. The molecule has 0 aliphatic carbocycles. The van der Waals surface area contributed by atoms with Gasteiger partial charge in [-0.15, -0.1) is 0 Å². The first kappa shape index (κ1) is 17.9. The van der Waals surface area contributed by atoms with Crippen molar-refractivity contribution >= 4 is 11.0 Å². The maximum atomic E-state index is 4.87. The number of hydrogen-bond donors (Lipinski definition) is 0. The minimum atomic E-state index is 0.504. The van der Waals surface area contributed by atoms with Gasteiger partial charge >= 0.3 is 0 Å². The largest absolute Gasteiger partial charge is 0.301 e. The van der Waals surface area contributed by atoms with E-state index >= 15 is 0 Å². The third-order valence-corrected chi connectivity index (χ3v) is 5.67. The summed E-state index contributed by atoms with van der Waals surface area (Å²) < 4.78 is 2.00. The SMILES string of the molecule is c1cnn(CCN2CCC(c3ccc4cc(-c5cncnc5)cnc4n3)CC2)c1. The van der Waals surface area contributed by atoms with Crippen LogP contribution >= 0.6 is 0 Å². The van der Waals surface area contributed by atoms with Crippen LogP contribution in [0.15, 0.2) is 61.6 Å². The van der Waals surface area contributed by atoms with Crippen LogP contribution in [-0.4, -0.2) is 54.3 Å². The van der Waals surface area contributed by atoms with Crippen LogP contribution in [0.1, 0.15) is 24.5 Å². The summed E-state index contributed by atoms with van der Waals surface area (Å²) in [6, 6.07) is 8.39. The molecule has 0 amide bonds. The Bertz CT molecular complexity index is 1070. The van der Waals surface area contributed by atoms with E-state index in [2.05, 4.69) is 43.1 Å². The van der Waals surface area contributed by atoms with Gasteiger partial charge in [0.1, 0.15) is 6.33 Å². The Balaban J connectivity index is 1.25.